The van der Waals surface area contributed by atoms with Gasteiger partial charge in [0.15, 0.2) is 6.29 Å². The Kier molecular flexibility index (Phi) is 9.85. The maximum atomic E-state index is 11.3. The maximum absolute atomic E-state index is 11.3. The normalized spacial score (nSPS) is 24.8. The highest BCUT2D eigenvalue weighted by Gasteiger charge is 2.40. The van der Waals surface area contributed by atoms with Crippen LogP contribution in [-0.4, -0.2) is 54.9 Å². The molecule has 2 fully saturated rings. The third-order valence-electron chi connectivity index (χ3n) is 8.38. The molecule has 2 saturated heterocycles. The Morgan fingerprint density at radius 2 is 1.76 bits per heavy atom. The minimum atomic E-state index is -0.498. The quantitative estimate of drug-likeness (QED) is 0.348. The summed E-state index contributed by atoms with van der Waals surface area (Å²) in [4.78, 5) is 13.8. The Hall–Kier alpha value is -3.07. The van der Waals surface area contributed by atoms with E-state index in [4.69, 9.17) is 14.2 Å². The predicted octanol–water partition coefficient (Wildman–Crippen LogP) is 5.38. The summed E-state index contributed by atoms with van der Waals surface area (Å²) < 4.78 is 18.9. The molecule has 7 heteroatoms. The van der Waals surface area contributed by atoms with Gasteiger partial charge in [-0.1, -0.05) is 73.7 Å². The van der Waals surface area contributed by atoms with E-state index in [0.29, 0.717) is 12.6 Å². The molecule has 0 radical (unpaired) electrons. The summed E-state index contributed by atoms with van der Waals surface area (Å²) >= 11 is 0. The average molecular weight is 559 g/mol. The van der Waals surface area contributed by atoms with E-state index >= 15 is 0 Å². The molecule has 5 atom stereocenters. The van der Waals surface area contributed by atoms with E-state index in [1.54, 1.807) is 7.11 Å². The van der Waals surface area contributed by atoms with Crippen molar-refractivity contribution in [2.24, 2.45) is 5.92 Å². The molecule has 1 amide bonds. The largest absolute Gasteiger partial charge is 0.392 e. The van der Waals surface area contributed by atoms with Gasteiger partial charge in [-0.15, -0.1) is 0 Å². The maximum Gasteiger partial charge on any atom is 0.217 e. The molecule has 0 bridgehead atoms. The van der Waals surface area contributed by atoms with E-state index in [-0.39, 0.29) is 30.6 Å². The summed E-state index contributed by atoms with van der Waals surface area (Å²) in [7, 11) is 1.77. The van der Waals surface area contributed by atoms with Gasteiger partial charge in [-0.05, 0) is 53.3 Å². The molecule has 0 spiro atoms. The molecule has 5 rings (SSSR count). The SMILES string of the molecule is COCC1CCCN1CC1OC(c2ccc(-c3cccc(CNC(C)=O)c3)cc2)OC(c2ccc(CO)cc2)C1C. The van der Waals surface area contributed by atoms with E-state index in [1.165, 1.54) is 13.3 Å². The molecule has 0 saturated carbocycles. The van der Waals surface area contributed by atoms with Gasteiger partial charge >= 0.3 is 0 Å². The highest BCUT2D eigenvalue weighted by atomic mass is 16.7. The van der Waals surface area contributed by atoms with Crippen molar-refractivity contribution in [2.45, 2.75) is 64.4 Å². The minimum Gasteiger partial charge on any atom is -0.392 e. The van der Waals surface area contributed by atoms with Gasteiger partial charge in [0, 0.05) is 44.6 Å². The Bertz CT molecular complexity index is 1280. The van der Waals surface area contributed by atoms with E-state index < -0.39 is 6.29 Å². The van der Waals surface area contributed by atoms with Crippen molar-refractivity contribution in [3.05, 3.63) is 95.1 Å². The molecule has 3 aromatic carbocycles. The minimum absolute atomic E-state index is 0.0149. The number of rotatable bonds is 10. The highest BCUT2D eigenvalue weighted by molar-refractivity contribution is 5.73. The van der Waals surface area contributed by atoms with Crippen LogP contribution in [0.2, 0.25) is 0 Å². The van der Waals surface area contributed by atoms with Crippen LogP contribution in [0.1, 0.15) is 61.3 Å². The smallest absolute Gasteiger partial charge is 0.217 e. The number of nitrogens with zero attached hydrogens (tertiary/aromatic N) is 1. The van der Waals surface area contributed by atoms with Crippen molar-refractivity contribution >= 4 is 5.91 Å². The molecule has 2 aliphatic rings. The van der Waals surface area contributed by atoms with Crippen molar-refractivity contribution in [1.29, 1.82) is 0 Å². The van der Waals surface area contributed by atoms with Crippen LogP contribution in [0.5, 0.6) is 0 Å². The second kappa shape index (κ2) is 13.7. The fourth-order valence-electron chi connectivity index (χ4n) is 6.00. The lowest BCUT2D eigenvalue weighted by Crippen LogP contribution is -2.46. The molecule has 2 heterocycles. The standard InChI is InChI=1S/C34H42N2O5/c1-23-32(20-36-17-5-8-31(36)22-39-3)40-34(41-33(23)28-11-9-25(21-37)10-12-28)29-15-13-27(14-16-29)30-7-4-6-26(18-30)19-35-24(2)38/h4,6-7,9-16,18,23,31-34,37H,5,8,17,19-22H2,1-3H3,(H,35,38). The number of aliphatic hydroxyl groups excluding tert-OH is 1. The average Bonchev–Trinajstić information content (AvgIpc) is 3.44. The van der Waals surface area contributed by atoms with E-state index in [1.807, 2.05) is 24.3 Å². The molecule has 2 N–H and O–H groups in total. The van der Waals surface area contributed by atoms with E-state index in [2.05, 4.69) is 65.7 Å². The third kappa shape index (κ3) is 7.23. The molecule has 5 unspecified atom stereocenters. The van der Waals surface area contributed by atoms with Crippen molar-refractivity contribution in [2.75, 3.05) is 26.8 Å². The summed E-state index contributed by atoms with van der Waals surface area (Å²) in [5.41, 5.74) is 6.20. The Morgan fingerprint density at radius 3 is 2.46 bits per heavy atom. The van der Waals surface area contributed by atoms with Gasteiger partial charge in [-0.3, -0.25) is 9.69 Å². The summed E-state index contributed by atoms with van der Waals surface area (Å²) in [5.74, 6) is 0.0992. The van der Waals surface area contributed by atoms with Crippen molar-refractivity contribution in [3.8, 4) is 11.1 Å². The fraction of sp³-hybridized carbons (Fsp3) is 0.441. The second-order valence-corrected chi connectivity index (χ2v) is 11.3. The van der Waals surface area contributed by atoms with E-state index in [9.17, 15) is 9.90 Å². The van der Waals surface area contributed by atoms with Gasteiger partial charge in [-0.2, -0.15) is 0 Å². The number of carbonyl (C=O) groups is 1. The summed E-state index contributed by atoms with van der Waals surface area (Å²) in [6.07, 6.45) is 1.67. The Labute approximate surface area is 243 Å². The molecular weight excluding hydrogens is 516 g/mol. The summed E-state index contributed by atoms with van der Waals surface area (Å²) in [6, 6.07) is 25.1. The monoisotopic (exact) mass is 558 g/mol. The van der Waals surface area contributed by atoms with Crippen molar-refractivity contribution in [3.63, 3.8) is 0 Å². The first-order valence-corrected chi connectivity index (χ1v) is 14.6. The van der Waals surface area contributed by atoms with Crippen LogP contribution in [-0.2, 0) is 32.2 Å². The summed E-state index contributed by atoms with van der Waals surface area (Å²) in [5, 5.41) is 12.4. The van der Waals surface area contributed by atoms with Gasteiger partial charge in [0.1, 0.15) is 0 Å². The zero-order valence-corrected chi connectivity index (χ0v) is 24.3. The molecular formula is C34H42N2O5. The molecule has 2 aliphatic heterocycles. The van der Waals surface area contributed by atoms with Gasteiger partial charge in [-0.25, -0.2) is 0 Å². The molecule has 3 aromatic rings. The molecule has 41 heavy (non-hydrogen) atoms. The topological polar surface area (TPSA) is 80.3 Å². The third-order valence-corrected chi connectivity index (χ3v) is 8.38. The number of aliphatic hydroxyl groups is 1. The number of carbonyl (C=O) groups excluding carboxylic acids is 1. The fourth-order valence-corrected chi connectivity index (χ4v) is 6.00. The van der Waals surface area contributed by atoms with Crippen LogP contribution >= 0.6 is 0 Å². The number of likely N-dealkylation sites (tertiary alicyclic amines) is 1. The van der Waals surface area contributed by atoms with Crippen LogP contribution in [0.15, 0.2) is 72.8 Å². The lowest BCUT2D eigenvalue weighted by Gasteiger charge is -2.43. The van der Waals surface area contributed by atoms with Gasteiger partial charge < -0.3 is 24.6 Å². The van der Waals surface area contributed by atoms with Gasteiger partial charge in [0.25, 0.3) is 0 Å². The zero-order chi connectivity index (χ0) is 28.8. The Balaban J connectivity index is 1.37. The summed E-state index contributed by atoms with van der Waals surface area (Å²) in [6.45, 7) is 6.89. The number of ether oxygens (including phenoxy) is 3. The van der Waals surface area contributed by atoms with Crippen LogP contribution in [0.3, 0.4) is 0 Å². The van der Waals surface area contributed by atoms with Crippen LogP contribution < -0.4 is 5.32 Å². The second-order valence-electron chi connectivity index (χ2n) is 11.3. The molecule has 0 aliphatic carbocycles. The molecule has 0 aromatic heterocycles. The van der Waals surface area contributed by atoms with Crippen molar-refractivity contribution < 1.29 is 24.1 Å². The number of amides is 1. The van der Waals surface area contributed by atoms with Crippen LogP contribution in [0.25, 0.3) is 11.1 Å². The van der Waals surface area contributed by atoms with Crippen molar-refractivity contribution in [1.82, 2.24) is 10.2 Å². The van der Waals surface area contributed by atoms with E-state index in [0.717, 1.165) is 59.5 Å². The number of benzene rings is 3. The lowest BCUT2D eigenvalue weighted by atomic mass is 9.89. The first kappa shape index (κ1) is 29.4. The highest BCUT2D eigenvalue weighted by Crippen LogP contribution is 2.42. The van der Waals surface area contributed by atoms with Crippen LogP contribution in [0.4, 0.5) is 0 Å². The number of hydrogen-bond donors (Lipinski definition) is 2. The number of methoxy groups -OCH3 is 1. The molecule has 7 nitrogen and oxygen atoms in total. The van der Waals surface area contributed by atoms with Gasteiger partial charge in [0.2, 0.25) is 5.91 Å². The number of hydrogen-bond acceptors (Lipinski definition) is 6. The first-order valence-electron chi connectivity index (χ1n) is 14.6. The Morgan fingerprint density at radius 1 is 1.00 bits per heavy atom. The first-order chi connectivity index (χ1) is 19.9. The zero-order valence-electron chi connectivity index (χ0n) is 24.3. The molecule has 218 valence electrons. The number of nitrogens with one attached hydrogen (secondary N) is 1. The van der Waals surface area contributed by atoms with Crippen LogP contribution in [0, 0.1) is 5.92 Å². The predicted molar refractivity (Wildman–Crippen MR) is 159 cm³/mol. The van der Waals surface area contributed by atoms with Gasteiger partial charge in [0.05, 0.1) is 25.4 Å². The lowest BCUT2D eigenvalue weighted by molar-refractivity contribution is -0.276.